The Balaban J connectivity index is 2.37. The molecule has 2 N–H and O–H groups in total. The number of rotatable bonds is 3. The maximum atomic E-state index is 11.3. The van der Waals surface area contributed by atoms with E-state index in [2.05, 4.69) is 15.4 Å². The maximum Gasteiger partial charge on any atom is 0.354 e. The van der Waals surface area contributed by atoms with Gasteiger partial charge in [0, 0.05) is 19.4 Å². The third-order valence-electron chi connectivity index (χ3n) is 2.28. The van der Waals surface area contributed by atoms with Gasteiger partial charge < -0.3 is 10.4 Å². The van der Waals surface area contributed by atoms with Crippen LogP contribution in [0.25, 0.3) is 5.69 Å². The lowest BCUT2D eigenvalue weighted by Crippen LogP contribution is -2.18. The number of hydrogen-bond donors (Lipinski definition) is 2. The fourth-order valence-electron chi connectivity index (χ4n) is 1.40. The van der Waals surface area contributed by atoms with Gasteiger partial charge in [0.25, 0.3) is 5.91 Å². The quantitative estimate of drug-likeness (QED) is 0.813. The Morgan fingerprint density at radius 2 is 2.11 bits per heavy atom. The second-order valence-corrected chi connectivity index (χ2v) is 3.43. The van der Waals surface area contributed by atoms with Crippen molar-refractivity contribution in [3.8, 4) is 5.69 Å². The van der Waals surface area contributed by atoms with Crippen molar-refractivity contribution in [2.45, 2.75) is 0 Å². The average molecular weight is 246 g/mol. The van der Waals surface area contributed by atoms with Gasteiger partial charge in [-0.1, -0.05) is 0 Å². The van der Waals surface area contributed by atoms with Crippen molar-refractivity contribution in [1.29, 1.82) is 0 Å². The first-order chi connectivity index (χ1) is 8.61. The summed E-state index contributed by atoms with van der Waals surface area (Å²) in [6, 6.07) is 4.52. The second-order valence-electron chi connectivity index (χ2n) is 3.43. The smallest absolute Gasteiger partial charge is 0.354 e. The maximum absolute atomic E-state index is 11.3. The predicted molar refractivity (Wildman–Crippen MR) is 61.7 cm³/mol. The molecule has 0 unspecified atom stereocenters. The van der Waals surface area contributed by atoms with E-state index in [9.17, 15) is 9.59 Å². The van der Waals surface area contributed by atoms with Crippen LogP contribution in [0, 0.1) is 0 Å². The Labute approximate surface area is 102 Å². The van der Waals surface area contributed by atoms with Crippen molar-refractivity contribution < 1.29 is 14.7 Å². The fourth-order valence-corrected chi connectivity index (χ4v) is 1.40. The number of carbonyl (C=O) groups is 2. The van der Waals surface area contributed by atoms with E-state index in [1.807, 2.05) is 0 Å². The van der Waals surface area contributed by atoms with Crippen LogP contribution in [0.15, 0.2) is 30.6 Å². The zero-order valence-corrected chi connectivity index (χ0v) is 9.49. The minimum absolute atomic E-state index is 0.0792. The van der Waals surface area contributed by atoms with E-state index in [0.717, 1.165) is 0 Å². The predicted octanol–water partition coefficient (Wildman–Crippen LogP) is 0.325. The van der Waals surface area contributed by atoms with Crippen LogP contribution in [0.4, 0.5) is 0 Å². The lowest BCUT2D eigenvalue weighted by Gasteiger charge is -2.01. The summed E-state index contributed by atoms with van der Waals surface area (Å²) in [5.41, 5.74) is 0.702. The number of carboxylic acid groups (broad SMARTS) is 1. The van der Waals surface area contributed by atoms with Gasteiger partial charge in [-0.15, -0.1) is 0 Å². The normalized spacial score (nSPS) is 10.1. The van der Waals surface area contributed by atoms with Crippen molar-refractivity contribution in [2.75, 3.05) is 7.05 Å². The number of aromatic carboxylic acids is 1. The number of carboxylic acids is 1. The van der Waals surface area contributed by atoms with Gasteiger partial charge >= 0.3 is 5.97 Å². The largest absolute Gasteiger partial charge is 0.477 e. The van der Waals surface area contributed by atoms with Crippen molar-refractivity contribution in [2.24, 2.45) is 0 Å². The van der Waals surface area contributed by atoms with Gasteiger partial charge in [-0.05, 0) is 18.2 Å². The molecular formula is C11H10N4O3. The molecular weight excluding hydrogens is 236 g/mol. The van der Waals surface area contributed by atoms with Crippen LogP contribution in [-0.4, -0.2) is 38.8 Å². The van der Waals surface area contributed by atoms with E-state index in [0.29, 0.717) is 5.69 Å². The van der Waals surface area contributed by atoms with Crippen LogP contribution in [0.5, 0.6) is 0 Å². The first kappa shape index (κ1) is 11.8. The summed E-state index contributed by atoms with van der Waals surface area (Å²) < 4.78 is 1.42. The van der Waals surface area contributed by atoms with Crippen LogP contribution >= 0.6 is 0 Å². The molecule has 18 heavy (non-hydrogen) atoms. The molecule has 1 amide bonds. The topological polar surface area (TPSA) is 97.1 Å². The number of aromatic nitrogens is 3. The molecule has 0 aliphatic heterocycles. The molecule has 2 aromatic rings. The molecule has 2 heterocycles. The first-order valence-electron chi connectivity index (χ1n) is 5.09. The highest BCUT2D eigenvalue weighted by molar-refractivity contribution is 5.92. The number of pyridine rings is 1. The number of carbonyl (C=O) groups excluding carboxylic acids is 1. The van der Waals surface area contributed by atoms with Gasteiger partial charge in [-0.25, -0.2) is 14.5 Å². The summed E-state index contributed by atoms with van der Waals surface area (Å²) >= 11 is 0. The lowest BCUT2D eigenvalue weighted by molar-refractivity contribution is 0.0690. The second kappa shape index (κ2) is 4.66. The summed E-state index contributed by atoms with van der Waals surface area (Å²) in [7, 11) is 1.51. The molecule has 0 saturated carbocycles. The van der Waals surface area contributed by atoms with E-state index < -0.39 is 5.97 Å². The van der Waals surface area contributed by atoms with Crippen LogP contribution < -0.4 is 5.32 Å². The summed E-state index contributed by atoms with van der Waals surface area (Å²) in [6.45, 7) is 0. The minimum atomic E-state index is -1.12. The number of nitrogens with zero attached hydrogens (tertiary/aromatic N) is 3. The van der Waals surface area contributed by atoms with Crippen LogP contribution in [0.1, 0.15) is 21.0 Å². The highest BCUT2D eigenvalue weighted by Crippen LogP contribution is 2.08. The number of nitrogens with one attached hydrogen (secondary N) is 1. The zero-order valence-electron chi connectivity index (χ0n) is 9.49. The van der Waals surface area contributed by atoms with Crippen molar-refractivity contribution >= 4 is 11.9 Å². The van der Waals surface area contributed by atoms with Crippen LogP contribution in [-0.2, 0) is 0 Å². The monoisotopic (exact) mass is 246 g/mol. The lowest BCUT2D eigenvalue weighted by atomic mass is 10.3. The van der Waals surface area contributed by atoms with E-state index >= 15 is 0 Å². The molecule has 0 atom stereocenters. The molecule has 0 saturated heterocycles. The van der Waals surface area contributed by atoms with E-state index in [-0.39, 0.29) is 17.3 Å². The summed E-state index contributed by atoms with van der Waals surface area (Å²) in [4.78, 5) is 25.8. The molecule has 2 aromatic heterocycles. The molecule has 0 aromatic carbocycles. The van der Waals surface area contributed by atoms with Crippen LogP contribution in [0.3, 0.4) is 0 Å². The molecule has 0 aliphatic carbocycles. The highest BCUT2D eigenvalue weighted by Gasteiger charge is 2.10. The van der Waals surface area contributed by atoms with E-state index in [1.165, 1.54) is 24.0 Å². The molecule has 7 heteroatoms. The Hall–Kier alpha value is -2.70. The van der Waals surface area contributed by atoms with E-state index in [4.69, 9.17) is 5.11 Å². The van der Waals surface area contributed by atoms with Gasteiger partial charge in [0.05, 0.1) is 5.69 Å². The molecule has 0 bridgehead atoms. The minimum Gasteiger partial charge on any atom is -0.477 e. The molecule has 92 valence electrons. The molecule has 7 nitrogen and oxygen atoms in total. The highest BCUT2D eigenvalue weighted by atomic mass is 16.4. The molecule has 0 aliphatic rings. The third-order valence-corrected chi connectivity index (χ3v) is 2.28. The molecule has 0 fully saturated rings. The summed E-state index contributed by atoms with van der Waals surface area (Å²) in [5.74, 6) is -1.42. The Morgan fingerprint density at radius 3 is 2.78 bits per heavy atom. The van der Waals surface area contributed by atoms with Gasteiger partial charge in [-0.3, -0.25) is 4.79 Å². The summed E-state index contributed by atoms with van der Waals surface area (Å²) in [5, 5.41) is 15.3. The van der Waals surface area contributed by atoms with Gasteiger partial charge in [0.15, 0.2) is 5.69 Å². The van der Waals surface area contributed by atoms with Gasteiger partial charge in [0.1, 0.15) is 5.69 Å². The van der Waals surface area contributed by atoms with Crippen molar-refractivity contribution in [3.63, 3.8) is 0 Å². The van der Waals surface area contributed by atoms with Gasteiger partial charge in [0.2, 0.25) is 0 Å². The Kier molecular flexibility index (Phi) is 3.05. The van der Waals surface area contributed by atoms with E-state index in [1.54, 1.807) is 18.3 Å². The molecule has 2 rings (SSSR count). The van der Waals surface area contributed by atoms with Crippen LogP contribution in [0.2, 0.25) is 0 Å². The Morgan fingerprint density at radius 1 is 1.33 bits per heavy atom. The molecule has 0 spiro atoms. The van der Waals surface area contributed by atoms with Crippen molar-refractivity contribution in [3.05, 3.63) is 42.0 Å². The average Bonchev–Trinajstić information content (AvgIpc) is 2.87. The molecule has 0 radical (unpaired) electrons. The number of amides is 1. The first-order valence-corrected chi connectivity index (χ1v) is 5.09. The van der Waals surface area contributed by atoms with Crippen molar-refractivity contribution in [1.82, 2.24) is 20.1 Å². The number of hydrogen-bond acceptors (Lipinski definition) is 4. The third kappa shape index (κ3) is 2.19. The SMILES string of the molecule is CNC(=O)c1ccn(-c2ccnc(C(=O)O)c2)n1. The standard InChI is InChI=1S/C11H10N4O3/c1-12-10(16)8-3-5-15(14-8)7-2-4-13-9(6-7)11(17)18/h2-6H,1H3,(H,12,16)(H,17,18). The zero-order chi connectivity index (χ0) is 13.1. The summed E-state index contributed by atoms with van der Waals surface area (Å²) in [6.07, 6.45) is 2.95. The van der Waals surface area contributed by atoms with Gasteiger partial charge in [-0.2, -0.15) is 5.10 Å². The fraction of sp³-hybridized carbons (Fsp3) is 0.0909. The Bertz CT molecular complexity index is 606.